The summed E-state index contributed by atoms with van der Waals surface area (Å²) in [4.78, 5) is 18.2. The number of nitrogens with one attached hydrogen (secondary N) is 2. The van der Waals surface area contributed by atoms with Crippen LogP contribution in [0.2, 0.25) is 0 Å². The summed E-state index contributed by atoms with van der Waals surface area (Å²) in [6.07, 6.45) is 12.6. The first-order valence-electron chi connectivity index (χ1n) is 18.8. The Kier molecular flexibility index (Phi) is 11.0. The minimum absolute atomic E-state index is 0.579. The van der Waals surface area contributed by atoms with Crippen LogP contribution >= 0.6 is 15.9 Å². The molecule has 0 saturated carbocycles. The highest BCUT2D eigenvalue weighted by molar-refractivity contribution is 9.09. The summed E-state index contributed by atoms with van der Waals surface area (Å²) >= 11 is 3.56. The molecule has 8 nitrogen and oxygen atoms in total. The number of alkyl halides is 1. The molecule has 3 aromatic carbocycles. The van der Waals surface area contributed by atoms with Gasteiger partial charge in [0.15, 0.2) is 5.75 Å². The molecule has 0 atom stereocenters. The molecule has 2 aliphatic heterocycles. The van der Waals surface area contributed by atoms with E-state index in [1.165, 1.54) is 0 Å². The molecule has 282 valence electrons. The quantitative estimate of drug-likeness (QED) is 0.0890. The fourth-order valence-corrected chi connectivity index (χ4v) is 7.64. The van der Waals surface area contributed by atoms with E-state index in [0.717, 1.165) is 126 Å². The van der Waals surface area contributed by atoms with Gasteiger partial charge in [-0.1, -0.05) is 65.2 Å². The molecule has 0 aliphatic carbocycles. The van der Waals surface area contributed by atoms with Gasteiger partial charge < -0.3 is 28.9 Å². The molecule has 0 unspecified atom stereocenters. The Hall–Kier alpha value is -6.06. The number of rotatable bonds is 13. The highest BCUT2D eigenvalue weighted by Gasteiger charge is 2.19. The molecular weight excluding hydrogens is 764 g/mol. The third-order valence-corrected chi connectivity index (χ3v) is 10.7. The molecule has 0 amide bonds. The monoisotopic (exact) mass is 806 g/mol. The minimum atomic E-state index is 0.579. The van der Waals surface area contributed by atoms with Crippen molar-refractivity contribution in [3.63, 3.8) is 0 Å². The number of hydrogen-bond donors (Lipinski definition) is 2. The smallest absolute Gasteiger partial charge is 0.168 e. The highest BCUT2D eigenvalue weighted by atomic mass is 79.9. The molecule has 9 heteroatoms. The van der Waals surface area contributed by atoms with Crippen molar-refractivity contribution in [3.05, 3.63) is 120 Å². The standard InChI is InChI=1S/C47H43BrN4O4/c1-53-33-14-8-30(9-15-33)44-36-20-22-38(49-36)45(31-10-16-34(54-2)17-11-31)40-24-26-42(51-40)47(56-29-7-5-4-6-28-48)43-27-25-41(52-43)46(39-23-21-37(44)50-39)32-12-18-35(55-3)19-13-32/h8-27,49,52H,4-7,28-29H2,1-3H3. The van der Waals surface area contributed by atoms with Crippen LogP contribution in [0.25, 0.3) is 79.8 Å². The maximum Gasteiger partial charge on any atom is 0.168 e. The number of methoxy groups -OCH3 is 3. The summed E-state index contributed by atoms with van der Waals surface area (Å²) in [6.45, 7) is 0.579. The topological polar surface area (TPSA) is 94.3 Å². The van der Waals surface area contributed by atoms with Gasteiger partial charge in [0.05, 0.1) is 50.5 Å². The largest absolute Gasteiger partial charge is 0.497 e. The van der Waals surface area contributed by atoms with E-state index in [1.807, 2.05) is 36.4 Å². The van der Waals surface area contributed by atoms with Crippen molar-refractivity contribution >= 4 is 62.3 Å². The van der Waals surface area contributed by atoms with Crippen LogP contribution in [0, 0.1) is 0 Å². The van der Waals surface area contributed by atoms with E-state index in [9.17, 15) is 0 Å². The number of halogens is 1. The Labute approximate surface area is 335 Å². The van der Waals surface area contributed by atoms with E-state index in [4.69, 9.17) is 28.9 Å². The lowest BCUT2D eigenvalue weighted by Gasteiger charge is -2.09. The van der Waals surface area contributed by atoms with E-state index in [-0.39, 0.29) is 0 Å². The van der Waals surface area contributed by atoms with Gasteiger partial charge in [0.2, 0.25) is 0 Å². The van der Waals surface area contributed by atoms with Crippen molar-refractivity contribution in [2.24, 2.45) is 0 Å². The summed E-state index contributed by atoms with van der Waals surface area (Å²) in [5.74, 6) is 3.06. The number of hydrogen-bond acceptors (Lipinski definition) is 6. The zero-order valence-electron chi connectivity index (χ0n) is 31.7. The third kappa shape index (κ3) is 7.59. The van der Waals surface area contributed by atoms with Gasteiger partial charge in [-0.3, -0.25) is 0 Å². The lowest BCUT2D eigenvalue weighted by atomic mass is 10.0. The fraction of sp³-hybridized carbons (Fsp3) is 0.191. The predicted octanol–water partition coefficient (Wildman–Crippen LogP) is 12.0. The Balaban J connectivity index is 1.45. The molecule has 0 radical (unpaired) electrons. The molecule has 6 aromatic rings. The van der Waals surface area contributed by atoms with Crippen LogP contribution in [-0.4, -0.2) is 53.2 Å². The van der Waals surface area contributed by atoms with Crippen LogP contribution in [0.5, 0.6) is 23.0 Å². The zero-order chi connectivity index (χ0) is 38.4. The third-order valence-electron chi connectivity index (χ3n) is 10.1. The van der Waals surface area contributed by atoms with Crippen LogP contribution in [0.15, 0.2) is 97.1 Å². The van der Waals surface area contributed by atoms with Gasteiger partial charge >= 0.3 is 0 Å². The first-order valence-corrected chi connectivity index (χ1v) is 20.0. The number of unbranched alkanes of at least 4 members (excludes halogenated alkanes) is 3. The molecule has 0 fully saturated rings. The Morgan fingerprint density at radius 1 is 0.446 bits per heavy atom. The number of fused-ring (bicyclic) bond motifs is 8. The van der Waals surface area contributed by atoms with Crippen molar-refractivity contribution in [3.8, 4) is 56.4 Å². The lowest BCUT2D eigenvalue weighted by molar-refractivity contribution is 0.306. The fourth-order valence-electron chi connectivity index (χ4n) is 7.24. The van der Waals surface area contributed by atoms with E-state index in [0.29, 0.717) is 12.4 Å². The first-order chi connectivity index (χ1) is 27.6. The molecule has 2 N–H and O–H groups in total. The van der Waals surface area contributed by atoms with Crippen molar-refractivity contribution in [1.29, 1.82) is 0 Å². The van der Waals surface area contributed by atoms with Gasteiger partial charge in [0.25, 0.3) is 0 Å². The predicted molar refractivity (Wildman–Crippen MR) is 233 cm³/mol. The summed E-state index contributed by atoms with van der Waals surface area (Å²) in [5, 5.41) is 1.01. The second-order valence-electron chi connectivity index (χ2n) is 13.6. The molecule has 8 bridgehead atoms. The van der Waals surface area contributed by atoms with E-state index in [1.54, 1.807) is 21.3 Å². The summed E-state index contributed by atoms with van der Waals surface area (Å²) in [7, 11) is 5.04. The van der Waals surface area contributed by atoms with Gasteiger partial charge in [0, 0.05) is 38.6 Å². The van der Waals surface area contributed by atoms with Crippen molar-refractivity contribution in [2.45, 2.75) is 25.7 Å². The molecule has 5 heterocycles. The summed E-state index contributed by atoms with van der Waals surface area (Å²) < 4.78 is 23.2. The van der Waals surface area contributed by atoms with Crippen LogP contribution in [-0.2, 0) is 0 Å². The highest BCUT2D eigenvalue weighted by Crippen LogP contribution is 2.38. The van der Waals surface area contributed by atoms with Crippen molar-refractivity contribution < 1.29 is 18.9 Å². The van der Waals surface area contributed by atoms with Crippen LogP contribution in [0.4, 0.5) is 0 Å². The summed E-state index contributed by atoms with van der Waals surface area (Å²) in [6, 6.07) is 32.7. The first kappa shape index (κ1) is 36.9. The van der Waals surface area contributed by atoms with Gasteiger partial charge in [-0.2, -0.15) is 0 Å². The molecule has 8 rings (SSSR count). The van der Waals surface area contributed by atoms with Gasteiger partial charge in [0.1, 0.15) is 22.9 Å². The van der Waals surface area contributed by atoms with E-state index in [2.05, 4.69) is 111 Å². The SMILES string of the molecule is COc1ccc(-c2c3nc(c(-c4ccc(OC)cc4)c4ccc([nH]4)c(-c4ccc(OC)cc4)c4nc(c(OCCCCCCBr)c5ccc2[nH]5)C=C4)C=C3)cc1. The Bertz CT molecular complexity index is 2520. The Morgan fingerprint density at radius 2 is 0.821 bits per heavy atom. The average molecular weight is 808 g/mol. The number of benzene rings is 3. The molecule has 0 spiro atoms. The maximum atomic E-state index is 6.67. The van der Waals surface area contributed by atoms with E-state index < -0.39 is 0 Å². The zero-order valence-corrected chi connectivity index (χ0v) is 33.3. The van der Waals surface area contributed by atoms with Crippen molar-refractivity contribution in [1.82, 2.24) is 19.9 Å². The minimum Gasteiger partial charge on any atom is -0.497 e. The molecule has 56 heavy (non-hydrogen) atoms. The molecule has 2 aliphatic rings. The number of aromatic amines is 2. The number of aromatic nitrogens is 4. The van der Waals surface area contributed by atoms with Gasteiger partial charge in [-0.15, -0.1) is 0 Å². The second-order valence-corrected chi connectivity index (χ2v) is 14.4. The summed E-state index contributed by atoms with van der Waals surface area (Å²) in [5.41, 5.74) is 12.7. The van der Waals surface area contributed by atoms with Crippen LogP contribution in [0.1, 0.15) is 48.5 Å². The molecule has 0 saturated heterocycles. The van der Waals surface area contributed by atoms with Crippen LogP contribution in [0.3, 0.4) is 0 Å². The van der Waals surface area contributed by atoms with Gasteiger partial charge in [-0.25, -0.2) is 9.97 Å². The van der Waals surface area contributed by atoms with Gasteiger partial charge in [-0.05, 0) is 114 Å². The second kappa shape index (κ2) is 16.8. The normalized spacial score (nSPS) is 11.9. The molecular formula is C47H43BrN4O4. The number of ether oxygens (including phenoxy) is 4. The Morgan fingerprint density at radius 3 is 1.25 bits per heavy atom. The van der Waals surface area contributed by atoms with Crippen LogP contribution < -0.4 is 18.9 Å². The number of nitrogens with zero attached hydrogens (tertiary/aromatic N) is 2. The molecule has 3 aromatic heterocycles. The van der Waals surface area contributed by atoms with E-state index >= 15 is 0 Å². The number of H-pyrrole nitrogens is 2. The maximum absolute atomic E-state index is 6.67. The average Bonchev–Trinajstić information content (AvgIpc) is 4.09. The lowest BCUT2D eigenvalue weighted by Crippen LogP contribution is -1.99. The van der Waals surface area contributed by atoms with Crippen molar-refractivity contribution in [2.75, 3.05) is 33.3 Å².